The average molecular weight is 278 g/mol. The molecule has 6 nitrogen and oxygen atoms in total. The molecule has 1 aromatic heterocycles. The van der Waals surface area contributed by atoms with Gasteiger partial charge >= 0.3 is 0 Å². The molecular formula is C14H22N4O2. The summed E-state index contributed by atoms with van der Waals surface area (Å²) in [5.41, 5.74) is 0.341. The van der Waals surface area contributed by atoms with E-state index in [9.17, 15) is 4.79 Å². The number of carbonyl (C=O) groups is 1. The smallest absolute Gasteiger partial charge is 0.271 e. The molecule has 1 fully saturated rings. The number of hydrogen-bond acceptors (Lipinski definition) is 5. The first kappa shape index (κ1) is 14.7. The van der Waals surface area contributed by atoms with Crippen LogP contribution in [0.3, 0.4) is 0 Å². The van der Waals surface area contributed by atoms with Crippen LogP contribution >= 0.6 is 0 Å². The number of ether oxygens (including phenoxy) is 1. The number of aromatic nitrogens is 2. The summed E-state index contributed by atoms with van der Waals surface area (Å²) in [4.78, 5) is 20.5. The van der Waals surface area contributed by atoms with E-state index in [0.717, 1.165) is 32.2 Å². The van der Waals surface area contributed by atoms with Crippen LogP contribution in [-0.2, 0) is 4.74 Å². The maximum Gasteiger partial charge on any atom is 0.271 e. The minimum Gasteiger partial charge on any atom is -0.379 e. The molecule has 1 saturated carbocycles. The number of anilines is 1. The lowest BCUT2D eigenvalue weighted by Crippen LogP contribution is -2.41. The summed E-state index contributed by atoms with van der Waals surface area (Å²) in [6, 6.07) is 0.0709. The van der Waals surface area contributed by atoms with E-state index in [-0.39, 0.29) is 18.1 Å². The minimum absolute atomic E-state index is 0.0709. The van der Waals surface area contributed by atoms with Crippen molar-refractivity contribution >= 4 is 11.7 Å². The van der Waals surface area contributed by atoms with E-state index in [4.69, 9.17) is 4.74 Å². The van der Waals surface area contributed by atoms with Gasteiger partial charge in [-0.25, -0.2) is 4.98 Å². The highest BCUT2D eigenvalue weighted by molar-refractivity contribution is 5.92. The van der Waals surface area contributed by atoms with Crippen LogP contribution < -0.4 is 10.6 Å². The van der Waals surface area contributed by atoms with E-state index in [1.54, 1.807) is 13.3 Å². The number of rotatable bonds is 6. The number of nitrogens with one attached hydrogen (secondary N) is 2. The standard InChI is InChI=1S/C14H22N4O2/c1-3-7-16-13-9-15-8-11(17-13)14(19)18-10-5-4-6-12(10)20-2/h8-10,12H,3-7H2,1-2H3,(H,16,17)(H,18,19). The molecule has 0 radical (unpaired) electrons. The van der Waals surface area contributed by atoms with Crippen LogP contribution in [0, 0.1) is 0 Å². The van der Waals surface area contributed by atoms with Crippen LogP contribution in [0.4, 0.5) is 5.82 Å². The van der Waals surface area contributed by atoms with Gasteiger partial charge in [-0.15, -0.1) is 0 Å². The molecule has 2 rings (SSSR count). The monoisotopic (exact) mass is 278 g/mol. The first-order valence-electron chi connectivity index (χ1n) is 7.14. The van der Waals surface area contributed by atoms with E-state index in [0.29, 0.717) is 11.5 Å². The van der Waals surface area contributed by atoms with Crippen molar-refractivity contribution in [2.75, 3.05) is 19.0 Å². The third-order valence-corrected chi connectivity index (χ3v) is 3.50. The van der Waals surface area contributed by atoms with Crippen molar-refractivity contribution in [2.45, 2.75) is 44.8 Å². The molecule has 2 N–H and O–H groups in total. The normalized spacial score (nSPS) is 21.7. The summed E-state index contributed by atoms with van der Waals surface area (Å²) in [6.45, 7) is 2.89. The van der Waals surface area contributed by atoms with Gasteiger partial charge in [-0.05, 0) is 25.7 Å². The molecule has 0 saturated heterocycles. The van der Waals surface area contributed by atoms with E-state index < -0.39 is 0 Å². The number of hydrogen-bond donors (Lipinski definition) is 2. The lowest BCUT2D eigenvalue weighted by Gasteiger charge is -2.19. The molecule has 1 aliphatic rings. The Kier molecular flexibility index (Phi) is 5.29. The number of carbonyl (C=O) groups excluding carboxylic acids is 1. The zero-order valence-electron chi connectivity index (χ0n) is 12.1. The van der Waals surface area contributed by atoms with Gasteiger partial charge in [0.25, 0.3) is 5.91 Å². The SMILES string of the molecule is CCCNc1cncc(C(=O)NC2CCCC2OC)n1. The van der Waals surface area contributed by atoms with Gasteiger partial charge in [0, 0.05) is 13.7 Å². The molecule has 6 heteroatoms. The van der Waals surface area contributed by atoms with Gasteiger partial charge in [0.2, 0.25) is 0 Å². The van der Waals surface area contributed by atoms with Gasteiger partial charge in [-0.2, -0.15) is 0 Å². The fourth-order valence-electron chi connectivity index (χ4n) is 2.43. The lowest BCUT2D eigenvalue weighted by molar-refractivity contribution is 0.0719. The van der Waals surface area contributed by atoms with Crippen molar-refractivity contribution in [1.82, 2.24) is 15.3 Å². The molecular weight excluding hydrogens is 256 g/mol. The van der Waals surface area contributed by atoms with Crippen LogP contribution in [0.2, 0.25) is 0 Å². The largest absolute Gasteiger partial charge is 0.379 e. The predicted octanol–water partition coefficient (Wildman–Crippen LogP) is 1.60. The third kappa shape index (κ3) is 3.66. The Hall–Kier alpha value is -1.69. The van der Waals surface area contributed by atoms with Gasteiger partial charge in [-0.1, -0.05) is 6.92 Å². The van der Waals surface area contributed by atoms with Crippen molar-refractivity contribution in [2.24, 2.45) is 0 Å². The summed E-state index contributed by atoms with van der Waals surface area (Å²) in [5.74, 6) is 0.445. The maximum absolute atomic E-state index is 12.2. The highest BCUT2D eigenvalue weighted by Gasteiger charge is 2.29. The van der Waals surface area contributed by atoms with Crippen LogP contribution in [0.25, 0.3) is 0 Å². The summed E-state index contributed by atoms with van der Waals surface area (Å²) in [6.07, 6.45) is 7.23. The molecule has 2 atom stereocenters. The second-order valence-electron chi connectivity index (χ2n) is 5.00. The topological polar surface area (TPSA) is 76.1 Å². The number of amides is 1. The maximum atomic E-state index is 12.2. The summed E-state index contributed by atoms with van der Waals surface area (Å²) < 4.78 is 5.37. The van der Waals surface area contributed by atoms with Gasteiger partial charge in [0.1, 0.15) is 11.5 Å². The van der Waals surface area contributed by atoms with Crippen LogP contribution in [-0.4, -0.2) is 41.7 Å². The van der Waals surface area contributed by atoms with Crippen molar-refractivity contribution < 1.29 is 9.53 Å². The Bertz CT molecular complexity index is 453. The van der Waals surface area contributed by atoms with Crippen LogP contribution in [0.1, 0.15) is 43.1 Å². The van der Waals surface area contributed by atoms with Crippen molar-refractivity contribution in [3.63, 3.8) is 0 Å². The van der Waals surface area contributed by atoms with Crippen LogP contribution in [0.5, 0.6) is 0 Å². The van der Waals surface area contributed by atoms with Gasteiger partial charge in [0.15, 0.2) is 0 Å². The van der Waals surface area contributed by atoms with Crippen molar-refractivity contribution in [1.29, 1.82) is 0 Å². The van der Waals surface area contributed by atoms with E-state index in [2.05, 4.69) is 27.5 Å². The average Bonchev–Trinajstić information content (AvgIpc) is 2.92. The fourth-order valence-corrected chi connectivity index (χ4v) is 2.43. The third-order valence-electron chi connectivity index (χ3n) is 3.50. The molecule has 2 unspecified atom stereocenters. The first-order valence-corrected chi connectivity index (χ1v) is 7.14. The predicted molar refractivity (Wildman–Crippen MR) is 76.7 cm³/mol. The molecule has 0 spiro atoms. The van der Waals surface area contributed by atoms with Gasteiger partial charge < -0.3 is 15.4 Å². The quantitative estimate of drug-likeness (QED) is 0.826. The highest BCUT2D eigenvalue weighted by atomic mass is 16.5. The molecule has 1 aliphatic carbocycles. The molecule has 0 aliphatic heterocycles. The Morgan fingerprint density at radius 1 is 1.45 bits per heavy atom. The Labute approximate surface area is 119 Å². The molecule has 110 valence electrons. The van der Waals surface area contributed by atoms with Crippen molar-refractivity contribution in [3.05, 3.63) is 18.1 Å². The first-order chi connectivity index (χ1) is 9.74. The fraction of sp³-hybridized carbons (Fsp3) is 0.643. The molecule has 0 aromatic carbocycles. The summed E-state index contributed by atoms with van der Waals surface area (Å²) >= 11 is 0. The number of nitrogens with zero attached hydrogens (tertiary/aromatic N) is 2. The molecule has 1 aromatic rings. The molecule has 1 amide bonds. The summed E-state index contributed by atoms with van der Waals surface area (Å²) in [7, 11) is 1.68. The Balaban J connectivity index is 1.98. The number of methoxy groups -OCH3 is 1. The molecule has 0 bridgehead atoms. The van der Waals surface area contributed by atoms with Gasteiger partial charge in [-0.3, -0.25) is 9.78 Å². The molecule has 20 heavy (non-hydrogen) atoms. The highest BCUT2D eigenvalue weighted by Crippen LogP contribution is 2.21. The summed E-state index contributed by atoms with van der Waals surface area (Å²) in [5, 5.41) is 6.11. The Morgan fingerprint density at radius 2 is 2.30 bits per heavy atom. The van der Waals surface area contributed by atoms with Crippen molar-refractivity contribution in [3.8, 4) is 0 Å². The second-order valence-corrected chi connectivity index (χ2v) is 5.00. The van der Waals surface area contributed by atoms with E-state index in [1.165, 1.54) is 6.20 Å². The minimum atomic E-state index is -0.188. The van der Waals surface area contributed by atoms with E-state index in [1.807, 2.05) is 0 Å². The van der Waals surface area contributed by atoms with Crippen LogP contribution in [0.15, 0.2) is 12.4 Å². The zero-order chi connectivity index (χ0) is 14.4. The second kappa shape index (κ2) is 7.19. The zero-order valence-corrected chi connectivity index (χ0v) is 12.1. The Morgan fingerprint density at radius 3 is 3.05 bits per heavy atom. The van der Waals surface area contributed by atoms with E-state index >= 15 is 0 Å². The van der Waals surface area contributed by atoms with Gasteiger partial charge in [0.05, 0.1) is 24.5 Å². The molecule has 1 heterocycles. The lowest BCUT2D eigenvalue weighted by atomic mass is 10.2.